The zero-order valence-electron chi connectivity index (χ0n) is 10.1. The number of likely N-dealkylation sites (tertiary alicyclic amines) is 1. The lowest BCUT2D eigenvalue weighted by atomic mass is 10.1. The van der Waals surface area contributed by atoms with E-state index in [0.29, 0.717) is 6.54 Å². The quantitative estimate of drug-likeness (QED) is 0.678. The Morgan fingerprint density at radius 2 is 2.32 bits per heavy atom. The maximum absolute atomic E-state index is 12.3. The molecular weight excluding hydrogens is 272 g/mol. The van der Waals surface area contributed by atoms with E-state index in [-0.39, 0.29) is 34.8 Å². The third kappa shape index (κ3) is 2.69. The minimum absolute atomic E-state index is 0.00156. The van der Waals surface area contributed by atoms with Crippen molar-refractivity contribution in [3.63, 3.8) is 0 Å². The van der Waals surface area contributed by atoms with Gasteiger partial charge in [0.1, 0.15) is 5.02 Å². The lowest BCUT2D eigenvalue weighted by Crippen LogP contribution is -2.37. The first-order chi connectivity index (χ1) is 9.04. The maximum atomic E-state index is 12.3. The number of nitro groups is 1. The third-order valence-corrected chi connectivity index (χ3v) is 3.56. The van der Waals surface area contributed by atoms with Crippen molar-refractivity contribution in [2.75, 3.05) is 13.2 Å². The van der Waals surface area contributed by atoms with Gasteiger partial charge < -0.3 is 10.0 Å². The maximum Gasteiger partial charge on any atom is 0.288 e. The highest BCUT2D eigenvalue weighted by Crippen LogP contribution is 2.27. The van der Waals surface area contributed by atoms with Crippen LogP contribution in [0.3, 0.4) is 0 Å². The second-order valence-electron chi connectivity index (χ2n) is 4.40. The molecule has 0 spiro atoms. The lowest BCUT2D eigenvalue weighted by Gasteiger charge is -2.22. The Balaban J connectivity index is 2.29. The topological polar surface area (TPSA) is 83.7 Å². The van der Waals surface area contributed by atoms with E-state index in [1.165, 1.54) is 18.2 Å². The van der Waals surface area contributed by atoms with Gasteiger partial charge in [-0.1, -0.05) is 11.6 Å². The Kier molecular flexibility index (Phi) is 4.01. The van der Waals surface area contributed by atoms with Gasteiger partial charge in [0.25, 0.3) is 11.6 Å². The van der Waals surface area contributed by atoms with E-state index in [1.807, 2.05) is 0 Å². The highest BCUT2D eigenvalue weighted by Gasteiger charge is 2.29. The Bertz CT molecular complexity index is 520. The predicted molar refractivity (Wildman–Crippen MR) is 69.3 cm³/mol. The number of hydrogen-bond donors (Lipinski definition) is 1. The van der Waals surface area contributed by atoms with E-state index in [0.717, 1.165) is 12.8 Å². The SMILES string of the molecule is O=C(c1ccc(Cl)c([N+](=O)[O-])c1)N1CCC[C@@H]1CO. The molecule has 7 heteroatoms. The van der Waals surface area contributed by atoms with E-state index < -0.39 is 4.92 Å². The summed E-state index contributed by atoms with van der Waals surface area (Å²) in [6.45, 7) is 0.460. The Labute approximate surface area is 114 Å². The molecule has 1 fully saturated rings. The summed E-state index contributed by atoms with van der Waals surface area (Å²) < 4.78 is 0. The third-order valence-electron chi connectivity index (χ3n) is 3.24. The number of aliphatic hydroxyl groups is 1. The molecule has 1 atom stereocenters. The van der Waals surface area contributed by atoms with Gasteiger partial charge in [-0.15, -0.1) is 0 Å². The molecule has 1 aliphatic rings. The minimum atomic E-state index is -0.618. The Morgan fingerprint density at radius 1 is 1.58 bits per heavy atom. The molecule has 1 saturated heterocycles. The van der Waals surface area contributed by atoms with Gasteiger partial charge in [-0.25, -0.2) is 0 Å². The molecule has 1 aromatic carbocycles. The normalized spacial score (nSPS) is 18.6. The van der Waals surface area contributed by atoms with Crippen molar-refractivity contribution in [3.05, 3.63) is 38.9 Å². The summed E-state index contributed by atoms with van der Waals surface area (Å²) in [6, 6.07) is 3.78. The number of benzene rings is 1. The fourth-order valence-electron chi connectivity index (χ4n) is 2.24. The summed E-state index contributed by atoms with van der Waals surface area (Å²) in [5, 5.41) is 20.0. The van der Waals surface area contributed by atoms with Gasteiger partial charge in [0, 0.05) is 18.2 Å². The van der Waals surface area contributed by atoms with Crippen LogP contribution in [0, 0.1) is 10.1 Å². The van der Waals surface area contributed by atoms with Crippen molar-refractivity contribution in [1.82, 2.24) is 4.90 Å². The first-order valence-corrected chi connectivity index (χ1v) is 6.28. The fraction of sp³-hybridized carbons (Fsp3) is 0.417. The van der Waals surface area contributed by atoms with Gasteiger partial charge >= 0.3 is 0 Å². The van der Waals surface area contributed by atoms with Crippen LogP contribution < -0.4 is 0 Å². The van der Waals surface area contributed by atoms with Gasteiger partial charge in [0.05, 0.1) is 17.6 Å². The van der Waals surface area contributed by atoms with Crippen molar-refractivity contribution >= 4 is 23.2 Å². The summed E-state index contributed by atoms with van der Waals surface area (Å²) in [4.78, 5) is 24.0. The molecule has 1 heterocycles. The van der Waals surface area contributed by atoms with Gasteiger partial charge in [0.2, 0.25) is 0 Å². The molecule has 0 aromatic heterocycles. The number of aliphatic hydroxyl groups excluding tert-OH is 1. The number of nitro benzene ring substituents is 1. The average molecular weight is 285 g/mol. The molecule has 1 aliphatic heterocycles. The van der Waals surface area contributed by atoms with Crippen LogP contribution in [0.15, 0.2) is 18.2 Å². The van der Waals surface area contributed by atoms with E-state index >= 15 is 0 Å². The molecule has 1 aromatic rings. The largest absolute Gasteiger partial charge is 0.394 e. The van der Waals surface area contributed by atoms with Crippen LogP contribution in [0.1, 0.15) is 23.2 Å². The molecule has 1 N–H and O–H groups in total. The highest BCUT2D eigenvalue weighted by atomic mass is 35.5. The molecule has 0 saturated carbocycles. The highest BCUT2D eigenvalue weighted by molar-refractivity contribution is 6.32. The summed E-state index contributed by atoms with van der Waals surface area (Å²) in [5.41, 5.74) is -0.0660. The van der Waals surface area contributed by atoms with Crippen LogP contribution in [0.5, 0.6) is 0 Å². The molecule has 19 heavy (non-hydrogen) atoms. The summed E-state index contributed by atoms with van der Waals surface area (Å²) >= 11 is 5.70. The number of amides is 1. The number of hydrogen-bond acceptors (Lipinski definition) is 4. The van der Waals surface area contributed by atoms with E-state index in [9.17, 15) is 20.0 Å². The number of nitrogens with zero attached hydrogens (tertiary/aromatic N) is 2. The van der Waals surface area contributed by atoms with Crippen LogP contribution in [0.4, 0.5) is 5.69 Å². The monoisotopic (exact) mass is 284 g/mol. The molecule has 102 valence electrons. The van der Waals surface area contributed by atoms with Crippen LogP contribution in [-0.4, -0.2) is 40.0 Å². The average Bonchev–Trinajstić information content (AvgIpc) is 2.86. The Morgan fingerprint density at radius 3 is 2.95 bits per heavy atom. The molecular formula is C12H13ClN2O4. The Hall–Kier alpha value is -1.66. The smallest absolute Gasteiger partial charge is 0.288 e. The van der Waals surface area contributed by atoms with Crippen molar-refractivity contribution in [1.29, 1.82) is 0 Å². The first kappa shape index (κ1) is 13.8. The fourth-order valence-corrected chi connectivity index (χ4v) is 2.43. The van der Waals surface area contributed by atoms with E-state index in [4.69, 9.17) is 11.6 Å². The van der Waals surface area contributed by atoms with Crippen molar-refractivity contribution in [2.45, 2.75) is 18.9 Å². The van der Waals surface area contributed by atoms with Crippen LogP contribution >= 0.6 is 11.6 Å². The number of rotatable bonds is 3. The van der Waals surface area contributed by atoms with Gasteiger partial charge in [-0.3, -0.25) is 14.9 Å². The number of halogens is 1. The number of carbonyl (C=O) groups excluding carboxylic acids is 1. The van der Waals surface area contributed by atoms with Gasteiger partial charge in [0.15, 0.2) is 0 Å². The van der Waals surface area contributed by atoms with Crippen molar-refractivity contribution in [2.24, 2.45) is 0 Å². The molecule has 0 radical (unpaired) electrons. The second kappa shape index (κ2) is 5.54. The molecule has 2 rings (SSSR count). The van der Waals surface area contributed by atoms with E-state index in [2.05, 4.69) is 0 Å². The van der Waals surface area contributed by atoms with E-state index in [1.54, 1.807) is 4.90 Å². The molecule has 0 bridgehead atoms. The molecule has 1 amide bonds. The summed E-state index contributed by atoms with van der Waals surface area (Å²) in [6.07, 6.45) is 1.57. The van der Waals surface area contributed by atoms with Crippen molar-refractivity contribution < 1.29 is 14.8 Å². The predicted octanol–water partition coefficient (Wildman–Crippen LogP) is 1.85. The van der Waals surface area contributed by atoms with Gasteiger partial charge in [-0.05, 0) is 25.0 Å². The second-order valence-corrected chi connectivity index (χ2v) is 4.81. The zero-order chi connectivity index (χ0) is 14.0. The molecule has 0 unspecified atom stereocenters. The lowest BCUT2D eigenvalue weighted by molar-refractivity contribution is -0.384. The van der Waals surface area contributed by atoms with Crippen LogP contribution in [0.2, 0.25) is 5.02 Å². The summed E-state index contributed by atoms with van der Waals surface area (Å²) in [7, 11) is 0. The van der Waals surface area contributed by atoms with Gasteiger partial charge in [-0.2, -0.15) is 0 Å². The molecule has 6 nitrogen and oxygen atoms in total. The zero-order valence-corrected chi connectivity index (χ0v) is 10.8. The minimum Gasteiger partial charge on any atom is -0.394 e. The van der Waals surface area contributed by atoms with Crippen LogP contribution in [0.25, 0.3) is 0 Å². The van der Waals surface area contributed by atoms with Crippen molar-refractivity contribution in [3.8, 4) is 0 Å². The van der Waals surface area contributed by atoms with Crippen LogP contribution in [-0.2, 0) is 0 Å². The first-order valence-electron chi connectivity index (χ1n) is 5.90. The summed E-state index contributed by atoms with van der Waals surface area (Å²) in [5.74, 6) is -0.309. The molecule has 0 aliphatic carbocycles. The standard InChI is InChI=1S/C12H13ClN2O4/c13-10-4-3-8(6-11(10)15(18)19)12(17)14-5-1-2-9(14)7-16/h3-4,6,9,16H,1-2,5,7H2/t9-/m1/s1. The number of carbonyl (C=O) groups is 1.